The van der Waals surface area contributed by atoms with Gasteiger partial charge in [0.1, 0.15) is 0 Å². The van der Waals surface area contributed by atoms with Gasteiger partial charge in [-0.2, -0.15) is 0 Å². The molecule has 118 valence electrons. The lowest BCUT2D eigenvalue weighted by Gasteiger charge is -2.25. The van der Waals surface area contributed by atoms with Crippen molar-refractivity contribution in [2.75, 3.05) is 52.2 Å². The van der Waals surface area contributed by atoms with Crippen LogP contribution in [0.4, 0.5) is 5.13 Å². The third kappa shape index (κ3) is 7.40. The summed E-state index contributed by atoms with van der Waals surface area (Å²) in [5, 5.41) is 0.644. The minimum absolute atomic E-state index is 0. The molecule has 0 spiro atoms. The second-order valence-corrected chi connectivity index (χ2v) is 5.61. The van der Waals surface area contributed by atoms with Gasteiger partial charge in [0.05, 0.1) is 6.61 Å². The largest absolute Gasteiger partial charge is 0.383 e. The maximum absolute atomic E-state index is 5.68. The lowest BCUT2D eigenvalue weighted by molar-refractivity contribution is 0.134. The summed E-state index contributed by atoms with van der Waals surface area (Å²) < 4.78 is 5.18. The zero-order valence-corrected chi connectivity index (χ0v) is 14.3. The van der Waals surface area contributed by atoms with Crippen molar-refractivity contribution in [1.29, 1.82) is 0 Å². The summed E-state index contributed by atoms with van der Waals surface area (Å²) in [5.74, 6) is 0. The van der Waals surface area contributed by atoms with E-state index in [4.69, 9.17) is 10.5 Å². The van der Waals surface area contributed by atoms with Crippen molar-refractivity contribution in [1.82, 2.24) is 14.8 Å². The molecule has 1 rings (SSSR count). The average Bonchev–Trinajstić information content (AvgIpc) is 2.82. The summed E-state index contributed by atoms with van der Waals surface area (Å²) in [6, 6.07) is 0. The van der Waals surface area contributed by atoms with Gasteiger partial charge in [-0.05, 0) is 13.1 Å². The van der Waals surface area contributed by atoms with Gasteiger partial charge in [0.2, 0.25) is 0 Å². The van der Waals surface area contributed by atoms with Crippen molar-refractivity contribution >= 4 is 28.9 Å². The Balaban J connectivity index is 0.00000361. The molecule has 0 amide bonds. The summed E-state index contributed by atoms with van der Waals surface area (Å²) in [6.07, 6.45) is 1.87. The maximum Gasteiger partial charge on any atom is 0.180 e. The first kappa shape index (κ1) is 19.6. The average molecular weight is 323 g/mol. The number of anilines is 1. The fraction of sp³-hybridized carbons (Fsp3) is 0.769. The second-order valence-electron chi connectivity index (χ2n) is 4.46. The molecule has 0 radical (unpaired) electrons. The Hall–Kier alpha value is -0.400. The molecule has 1 aromatic rings. The highest BCUT2D eigenvalue weighted by molar-refractivity contribution is 7.15. The molecule has 1 aromatic heterocycles. The predicted octanol–water partition coefficient (Wildman–Crippen LogP) is 1.94. The molecule has 0 aromatic carbocycles. The van der Waals surface area contributed by atoms with Gasteiger partial charge in [-0.15, -0.1) is 23.7 Å². The predicted molar refractivity (Wildman–Crippen MR) is 88.7 cm³/mol. The number of ether oxygens (including phenoxy) is 1. The van der Waals surface area contributed by atoms with E-state index in [0.29, 0.717) is 5.13 Å². The van der Waals surface area contributed by atoms with E-state index in [1.54, 1.807) is 18.4 Å². The number of methoxy groups -OCH3 is 1. The molecule has 2 N–H and O–H groups in total. The third-order valence-corrected chi connectivity index (χ3v) is 4.00. The molecule has 0 saturated carbocycles. The molecule has 0 bridgehead atoms. The van der Waals surface area contributed by atoms with Crippen molar-refractivity contribution in [3.63, 3.8) is 0 Å². The lowest BCUT2D eigenvalue weighted by atomic mass is 10.4. The molecule has 0 fully saturated rings. The first-order valence-corrected chi connectivity index (χ1v) is 7.65. The van der Waals surface area contributed by atoms with Crippen molar-refractivity contribution in [2.45, 2.75) is 20.4 Å². The Labute approximate surface area is 132 Å². The zero-order valence-electron chi connectivity index (χ0n) is 12.7. The summed E-state index contributed by atoms with van der Waals surface area (Å²) in [6.45, 7) is 11.3. The second kappa shape index (κ2) is 11.3. The van der Waals surface area contributed by atoms with E-state index in [9.17, 15) is 0 Å². The van der Waals surface area contributed by atoms with Crippen LogP contribution in [0.2, 0.25) is 0 Å². The Bertz CT molecular complexity index is 347. The summed E-state index contributed by atoms with van der Waals surface area (Å²) in [5.41, 5.74) is 5.68. The molecule has 7 heteroatoms. The monoisotopic (exact) mass is 322 g/mol. The highest BCUT2D eigenvalue weighted by Crippen LogP contribution is 2.16. The van der Waals surface area contributed by atoms with E-state index in [1.807, 2.05) is 6.20 Å². The van der Waals surface area contributed by atoms with E-state index in [1.165, 1.54) is 4.88 Å². The highest BCUT2D eigenvalue weighted by atomic mass is 35.5. The Morgan fingerprint density at radius 2 is 1.85 bits per heavy atom. The fourth-order valence-corrected chi connectivity index (χ4v) is 2.66. The zero-order chi connectivity index (χ0) is 14.1. The molecule has 0 saturated heterocycles. The lowest BCUT2D eigenvalue weighted by Crippen LogP contribution is -2.36. The van der Waals surface area contributed by atoms with Crippen molar-refractivity contribution in [3.8, 4) is 0 Å². The van der Waals surface area contributed by atoms with Crippen molar-refractivity contribution < 1.29 is 4.74 Å². The van der Waals surface area contributed by atoms with Crippen LogP contribution in [0.3, 0.4) is 0 Å². The van der Waals surface area contributed by atoms with Gasteiger partial charge < -0.3 is 15.4 Å². The smallest absolute Gasteiger partial charge is 0.180 e. The summed E-state index contributed by atoms with van der Waals surface area (Å²) >= 11 is 1.57. The molecule has 1 heterocycles. The summed E-state index contributed by atoms with van der Waals surface area (Å²) in [4.78, 5) is 10.2. The molecule has 5 nitrogen and oxygen atoms in total. The quantitative estimate of drug-likeness (QED) is 0.713. The van der Waals surface area contributed by atoms with Gasteiger partial charge >= 0.3 is 0 Å². The van der Waals surface area contributed by atoms with Crippen LogP contribution >= 0.6 is 23.7 Å². The van der Waals surface area contributed by atoms with E-state index in [0.717, 1.165) is 45.9 Å². The van der Waals surface area contributed by atoms with Crippen molar-refractivity contribution in [2.24, 2.45) is 0 Å². The van der Waals surface area contributed by atoms with Crippen LogP contribution in [0.25, 0.3) is 0 Å². The number of hydrogen-bond acceptors (Lipinski definition) is 6. The van der Waals surface area contributed by atoms with Gasteiger partial charge in [-0.25, -0.2) is 4.98 Å². The minimum Gasteiger partial charge on any atom is -0.383 e. The first-order valence-electron chi connectivity index (χ1n) is 6.83. The van der Waals surface area contributed by atoms with Crippen LogP contribution in [0.5, 0.6) is 0 Å². The highest BCUT2D eigenvalue weighted by Gasteiger charge is 2.09. The minimum atomic E-state index is 0. The molecular formula is C13H27ClN4OS. The molecule has 0 aliphatic carbocycles. The number of likely N-dealkylation sites (N-methyl/N-ethyl adjacent to an activating group) is 1. The number of halogens is 1. The van der Waals surface area contributed by atoms with Gasteiger partial charge in [0.25, 0.3) is 0 Å². The Morgan fingerprint density at radius 3 is 2.35 bits per heavy atom. The number of nitrogen functional groups attached to an aromatic ring is 1. The number of nitrogens with two attached hydrogens (primary N) is 1. The topological polar surface area (TPSA) is 54.6 Å². The Kier molecular flexibility index (Phi) is 11.1. The van der Waals surface area contributed by atoms with E-state index in [2.05, 4.69) is 28.6 Å². The number of nitrogens with zero attached hydrogens (tertiary/aromatic N) is 3. The van der Waals surface area contributed by atoms with Crippen LogP contribution in [0, 0.1) is 0 Å². The number of thiazole rings is 1. The maximum atomic E-state index is 5.68. The SMILES string of the molecule is CCN(CC)CCN(CCOC)Cc1cnc(N)s1.Cl. The Morgan fingerprint density at radius 1 is 1.20 bits per heavy atom. The van der Waals surface area contributed by atoms with E-state index in [-0.39, 0.29) is 12.4 Å². The standard InChI is InChI=1S/C13H26N4OS.ClH/c1-4-16(5-2)6-7-17(8-9-18-3)11-12-10-15-13(14)19-12;/h10H,4-9,11H2,1-3H3,(H2,14,15);1H. The van der Waals surface area contributed by atoms with Crippen LogP contribution in [0.1, 0.15) is 18.7 Å². The normalized spacial score (nSPS) is 11.1. The van der Waals surface area contributed by atoms with E-state index < -0.39 is 0 Å². The molecular weight excluding hydrogens is 296 g/mol. The fourth-order valence-electron chi connectivity index (χ4n) is 1.93. The molecule has 0 aliphatic heterocycles. The van der Waals surface area contributed by atoms with Crippen LogP contribution in [0.15, 0.2) is 6.20 Å². The number of aromatic nitrogens is 1. The molecule has 0 atom stereocenters. The van der Waals surface area contributed by atoms with Crippen LogP contribution in [-0.4, -0.2) is 61.2 Å². The van der Waals surface area contributed by atoms with Gasteiger partial charge in [0.15, 0.2) is 5.13 Å². The summed E-state index contributed by atoms with van der Waals surface area (Å²) in [7, 11) is 1.74. The van der Waals surface area contributed by atoms with Gasteiger partial charge in [-0.3, -0.25) is 4.90 Å². The molecule has 0 aliphatic rings. The van der Waals surface area contributed by atoms with Crippen LogP contribution < -0.4 is 5.73 Å². The number of hydrogen-bond donors (Lipinski definition) is 1. The van der Waals surface area contributed by atoms with Crippen molar-refractivity contribution in [3.05, 3.63) is 11.1 Å². The molecule has 0 unspecified atom stereocenters. The van der Waals surface area contributed by atoms with Crippen LogP contribution in [-0.2, 0) is 11.3 Å². The molecule has 20 heavy (non-hydrogen) atoms. The van der Waals surface area contributed by atoms with E-state index >= 15 is 0 Å². The number of rotatable bonds is 10. The third-order valence-electron chi connectivity index (χ3n) is 3.19. The van der Waals surface area contributed by atoms with Gasteiger partial charge in [0, 0.05) is 44.4 Å². The first-order chi connectivity index (χ1) is 9.19. The van der Waals surface area contributed by atoms with Gasteiger partial charge in [-0.1, -0.05) is 13.8 Å².